The van der Waals surface area contributed by atoms with E-state index in [1.54, 1.807) is 0 Å². The van der Waals surface area contributed by atoms with Crippen molar-refractivity contribution in [1.29, 1.82) is 0 Å². The lowest BCUT2D eigenvalue weighted by Gasteiger charge is -2.42. The highest BCUT2D eigenvalue weighted by molar-refractivity contribution is 6.06. The largest absolute Gasteiger partial charge is 0.465 e. The summed E-state index contributed by atoms with van der Waals surface area (Å²) >= 11 is 0. The summed E-state index contributed by atoms with van der Waals surface area (Å²) < 4.78 is 12.0. The van der Waals surface area contributed by atoms with Crippen LogP contribution in [0.2, 0.25) is 0 Å². The van der Waals surface area contributed by atoms with Gasteiger partial charge in [-0.05, 0) is 36.1 Å². The van der Waals surface area contributed by atoms with E-state index >= 15 is 0 Å². The lowest BCUT2D eigenvalue weighted by atomic mass is 9.92. The highest BCUT2D eigenvalue weighted by Gasteiger charge is 2.41. The SMILES string of the molecule is CCCCN1C(c2ccccc2)=C2C(c3ccccc3)=CC(C(=O)OC)=C2OC1c1ccc(C)cc1. The first-order chi connectivity index (χ1) is 17.6. The molecule has 1 atom stereocenters. The number of unbranched alkanes of at least 4 members (excludes halogenated alkanes) is 1. The number of carbonyl (C=O) groups is 1. The van der Waals surface area contributed by atoms with Crippen LogP contribution in [0.4, 0.5) is 0 Å². The third-order valence-electron chi connectivity index (χ3n) is 6.72. The van der Waals surface area contributed by atoms with E-state index in [0.717, 1.165) is 52.9 Å². The summed E-state index contributed by atoms with van der Waals surface area (Å²) in [4.78, 5) is 15.3. The van der Waals surface area contributed by atoms with Gasteiger partial charge in [-0.15, -0.1) is 0 Å². The molecule has 0 fully saturated rings. The zero-order valence-corrected chi connectivity index (χ0v) is 21.0. The Morgan fingerprint density at radius 1 is 0.917 bits per heavy atom. The van der Waals surface area contributed by atoms with Gasteiger partial charge in [-0.25, -0.2) is 4.79 Å². The maximum atomic E-state index is 13.0. The molecule has 5 rings (SSSR count). The molecule has 1 unspecified atom stereocenters. The molecule has 1 aliphatic heterocycles. The van der Waals surface area contributed by atoms with Crippen LogP contribution in [0.25, 0.3) is 11.3 Å². The van der Waals surface area contributed by atoms with Gasteiger partial charge < -0.3 is 14.4 Å². The van der Waals surface area contributed by atoms with E-state index in [-0.39, 0.29) is 6.23 Å². The number of esters is 1. The van der Waals surface area contributed by atoms with Gasteiger partial charge in [0, 0.05) is 17.7 Å². The lowest BCUT2D eigenvalue weighted by molar-refractivity contribution is -0.136. The van der Waals surface area contributed by atoms with E-state index in [1.165, 1.54) is 12.7 Å². The van der Waals surface area contributed by atoms with Crippen LogP contribution in [-0.4, -0.2) is 24.5 Å². The molecule has 0 N–H and O–H groups in total. The molecule has 0 bridgehead atoms. The first-order valence-corrected chi connectivity index (χ1v) is 12.5. The normalized spacial score (nSPS) is 17.0. The number of carbonyl (C=O) groups excluding carboxylic acids is 1. The fraction of sp³-hybridized carbons (Fsp3) is 0.219. The summed E-state index contributed by atoms with van der Waals surface area (Å²) in [5.41, 5.74) is 7.80. The van der Waals surface area contributed by atoms with Gasteiger partial charge in [-0.2, -0.15) is 0 Å². The summed E-state index contributed by atoms with van der Waals surface area (Å²) in [6.45, 7) is 5.11. The topological polar surface area (TPSA) is 38.8 Å². The number of aryl methyl sites for hydroxylation is 1. The van der Waals surface area contributed by atoms with Gasteiger partial charge in [0.25, 0.3) is 0 Å². The van der Waals surface area contributed by atoms with E-state index in [1.807, 2.05) is 30.3 Å². The zero-order chi connectivity index (χ0) is 25.1. The van der Waals surface area contributed by atoms with E-state index in [2.05, 4.69) is 79.4 Å². The fourth-order valence-corrected chi connectivity index (χ4v) is 4.88. The lowest BCUT2D eigenvalue weighted by Crippen LogP contribution is -2.35. The Kier molecular flexibility index (Phi) is 6.77. The summed E-state index contributed by atoms with van der Waals surface area (Å²) in [5.74, 6) is 0.184. The number of methoxy groups -OCH3 is 1. The minimum atomic E-state index is -0.398. The molecule has 0 spiro atoms. The summed E-state index contributed by atoms with van der Waals surface area (Å²) in [5, 5.41) is 0. The number of ether oxygens (including phenoxy) is 2. The number of rotatable bonds is 7. The van der Waals surface area contributed by atoms with Crippen molar-refractivity contribution in [1.82, 2.24) is 4.90 Å². The molecule has 36 heavy (non-hydrogen) atoms. The first kappa shape index (κ1) is 23.7. The number of allylic oxidation sites excluding steroid dienone is 1. The third kappa shape index (κ3) is 4.35. The fourth-order valence-electron chi connectivity index (χ4n) is 4.88. The molecule has 0 saturated heterocycles. The number of fused-ring (bicyclic) bond motifs is 1. The predicted molar refractivity (Wildman–Crippen MR) is 143 cm³/mol. The van der Waals surface area contributed by atoms with Crippen LogP contribution in [0.3, 0.4) is 0 Å². The molecule has 182 valence electrons. The van der Waals surface area contributed by atoms with Crippen LogP contribution in [0.5, 0.6) is 0 Å². The third-order valence-corrected chi connectivity index (χ3v) is 6.72. The minimum absolute atomic E-state index is 0.366. The van der Waals surface area contributed by atoms with Crippen molar-refractivity contribution in [3.05, 3.63) is 130 Å². The van der Waals surface area contributed by atoms with Crippen molar-refractivity contribution in [2.75, 3.05) is 13.7 Å². The standard InChI is InChI=1S/C32H31NO3/c1-4-5-20-33-29(24-14-10-7-11-15-24)28-26(23-12-8-6-9-13-23)21-27(32(34)35-3)30(28)36-31(33)25-18-16-22(2)17-19-25/h6-19,21,31H,4-5,20H2,1-3H3. The van der Waals surface area contributed by atoms with Crippen molar-refractivity contribution in [3.63, 3.8) is 0 Å². The summed E-state index contributed by atoms with van der Waals surface area (Å²) in [6, 6.07) is 29.0. The molecule has 3 aromatic carbocycles. The van der Waals surface area contributed by atoms with Gasteiger partial charge in [0.05, 0.1) is 12.8 Å². The highest BCUT2D eigenvalue weighted by atomic mass is 16.5. The smallest absolute Gasteiger partial charge is 0.341 e. The second-order valence-corrected chi connectivity index (χ2v) is 9.18. The molecule has 1 aliphatic carbocycles. The number of nitrogens with zero attached hydrogens (tertiary/aromatic N) is 1. The number of hydrogen-bond donors (Lipinski definition) is 0. The van der Waals surface area contributed by atoms with E-state index in [0.29, 0.717) is 11.3 Å². The summed E-state index contributed by atoms with van der Waals surface area (Å²) in [7, 11) is 1.42. The van der Waals surface area contributed by atoms with Gasteiger partial charge in [0.1, 0.15) is 11.3 Å². The van der Waals surface area contributed by atoms with E-state index in [9.17, 15) is 4.79 Å². The molecule has 3 aromatic rings. The monoisotopic (exact) mass is 477 g/mol. The van der Waals surface area contributed by atoms with Crippen LogP contribution in [0.1, 0.15) is 48.2 Å². The van der Waals surface area contributed by atoms with Crippen molar-refractivity contribution in [2.24, 2.45) is 0 Å². The van der Waals surface area contributed by atoms with Crippen molar-refractivity contribution >= 4 is 17.2 Å². The maximum Gasteiger partial charge on any atom is 0.341 e. The Bertz CT molecular complexity index is 1340. The Balaban J connectivity index is 1.80. The minimum Gasteiger partial charge on any atom is -0.465 e. The molecule has 4 nitrogen and oxygen atoms in total. The van der Waals surface area contributed by atoms with Crippen LogP contribution < -0.4 is 0 Å². The van der Waals surface area contributed by atoms with Crippen molar-refractivity contribution in [2.45, 2.75) is 32.9 Å². The Hall–Kier alpha value is -4.05. The van der Waals surface area contributed by atoms with Crippen LogP contribution in [0, 0.1) is 6.92 Å². The van der Waals surface area contributed by atoms with Crippen molar-refractivity contribution < 1.29 is 14.3 Å². The second kappa shape index (κ2) is 10.3. The predicted octanol–water partition coefficient (Wildman–Crippen LogP) is 7.06. The summed E-state index contributed by atoms with van der Waals surface area (Å²) in [6.07, 6.45) is 3.63. The highest BCUT2D eigenvalue weighted by Crippen LogP contribution is 2.51. The molecule has 0 saturated carbocycles. The van der Waals surface area contributed by atoms with E-state index in [4.69, 9.17) is 9.47 Å². The molecular weight excluding hydrogens is 446 g/mol. The maximum absolute atomic E-state index is 13.0. The zero-order valence-electron chi connectivity index (χ0n) is 21.0. The van der Waals surface area contributed by atoms with Crippen LogP contribution in [-0.2, 0) is 14.3 Å². The quantitative estimate of drug-likeness (QED) is 0.342. The van der Waals surface area contributed by atoms with Gasteiger partial charge in [0.2, 0.25) is 0 Å². The molecule has 4 heteroatoms. The van der Waals surface area contributed by atoms with Gasteiger partial charge in [0.15, 0.2) is 6.23 Å². The number of benzene rings is 3. The van der Waals surface area contributed by atoms with Crippen molar-refractivity contribution in [3.8, 4) is 0 Å². The Labute approximate surface area is 213 Å². The average Bonchev–Trinajstić information content (AvgIpc) is 3.31. The van der Waals surface area contributed by atoms with E-state index < -0.39 is 5.97 Å². The van der Waals surface area contributed by atoms with Gasteiger partial charge >= 0.3 is 5.97 Å². The Morgan fingerprint density at radius 2 is 1.56 bits per heavy atom. The molecule has 0 aromatic heterocycles. The average molecular weight is 478 g/mol. The van der Waals surface area contributed by atoms with Crippen LogP contribution >= 0.6 is 0 Å². The molecule has 2 aliphatic rings. The first-order valence-electron chi connectivity index (χ1n) is 12.5. The van der Waals surface area contributed by atoms with Gasteiger partial charge in [-0.3, -0.25) is 0 Å². The molecular formula is C32H31NO3. The number of hydrogen-bond acceptors (Lipinski definition) is 4. The molecule has 0 radical (unpaired) electrons. The Morgan fingerprint density at radius 3 is 2.17 bits per heavy atom. The second-order valence-electron chi connectivity index (χ2n) is 9.18. The van der Waals surface area contributed by atoms with Gasteiger partial charge in [-0.1, -0.05) is 104 Å². The molecule has 1 heterocycles. The molecule has 0 amide bonds. The van der Waals surface area contributed by atoms with Crippen LogP contribution in [0.15, 0.2) is 108 Å².